The number of hydrogen-bond donors (Lipinski definition) is 1. The molecule has 0 amide bonds. The van der Waals surface area contributed by atoms with Crippen LogP contribution in [0.1, 0.15) is 23.2 Å². The van der Waals surface area contributed by atoms with Crippen LogP contribution in [0.2, 0.25) is 0 Å². The zero-order chi connectivity index (χ0) is 41.5. The van der Waals surface area contributed by atoms with Crippen molar-refractivity contribution in [3.05, 3.63) is 89.7 Å². The van der Waals surface area contributed by atoms with Gasteiger partial charge in [-0.25, -0.2) is 23.2 Å². The van der Waals surface area contributed by atoms with Gasteiger partial charge in [-0.1, -0.05) is 35.0 Å². The van der Waals surface area contributed by atoms with E-state index in [-0.39, 0.29) is 80.8 Å². The molecule has 0 saturated heterocycles. The van der Waals surface area contributed by atoms with Crippen LogP contribution in [0.25, 0.3) is 10.2 Å². The lowest BCUT2D eigenvalue weighted by Gasteiger charge is -2.15. The van der Waals surface area contributed by atoms with Gasteiger partial charge in [0.25, 0.3) is 20.1 Å². The number of Topliss-reactive ketones (excluding diaryl/α,β-unsaturated/α-hetero) is 1. The summed E-state index contributed by atoms with van der Waals surface area (Å²) in [6, 6.07) is 18.5. The minimum atomic E-state index is -3.92. The van der Waals surface area contributed by atoms with Crippen LogP contribution in [-0.2, 0) is 72.6 Å². The van der Waals surface area contributed by atoms with Gasteiger partial charge in [-0.05, 0) is 55.0 Å². The number of methoxy groups -OCH3 is 1. The average molecular weight is 862 g/mol. The molecule has 2 heterocycles. The molecule has 0 aliphatic rings. The number of sulfonamides is 1. The highest BCUT2D eigenvalue weighted by molar-refractivity contribution is 7.91. The van der Waals surface area contributed by atoms with Crippen LogP contribution in [0, 0.1) is 12.8 Å². The second kappa shape index (κ2) is 21.2. The van der Waals surface area contributed by atoms with Gasteiger partial charge in [-0.15, -0.1) is 16.4 Å². The molecule has 2 aromatic heterocycles. The number of rotatable bonds is 25. The summed E-state index contributed by atoms with van der Waals surface area (Å²) >= 11 is 0.930. The van der Waals surface area contributed by atoms with E-state index in [4.69, 9.17) is 37.7 Å². The molecular formula is C37H43N5O13S3. The van der Waals surface area contributed by atoms with Gasteiger partial charge in [0.2, 0.25) is 4.34 Å². The quantitative estimate of drug-likeness (QED) is 0.0504. The summed E-state index contributed by atoms with van der Waals surface area (Å²) < 4.78 is 87.5. The maximum atomic E-state index is 12.9. The number of ketones is 1. The smallest absolute Gasteiger partial charge is 0.311 e. The second-order valence-corrected chi connectivity index (χ2v) is 17.0. The number of aryl methyl sites for hydroxylation is 1. The molecule has 0 radical (unpaired) electrons. The summed E-state index contributed by atoms with van der Waals surface area (Å²) in [5.74, 6) is -0.689. The summed E-state index contributed by atoms with van der Waals surface area (Å²) in [4.78, 5) is 29.5. The predicted octanol–water partition coefficient (Wildman–Crippen LogP) is 3.21. The lowest BCUT2D eigenvalue weighted by Crippen LogP contribution is -2.26. The molecule has 5 rings (SSSR count). The van der Waals surface area contributed by atoms with E-state index in [1.54, 1.807) is 54.7 Å². The number of carbonyl (C=O) groups excluding carboxylic acids is 2. The van der Waals surface area contributed by atoms with Crippen LogP contribution in [-0.4, -0.2) is 102 Å². The van der Waals surface area contributed by atoms with Crippen LogP contribution < -0.4 is 14.6 Å². The van der Waals surface area contributed by atoms with Crippen LogP contribution in [0.3, 0.4) is 0 Å². The van der Waals surface area contributed by atoms with Gasteiger partial charge in [0.15, 0.2) is 5.78 Å². The normalized spacial score (nSPS) is 12.4. The van der Waals surface area contributed by atoms with Gasteiger partial charge < -0.3 is 28.4 Å². The molecule has 0 fully saturated rings. The summed E-state index contributed by atoms with van der Waals surface area (Å²) in [6.45, 7) is 2.91. The number of nitrogens with zero attached hydrogens (tertiary/aromatic N) is 4. The van der Waals surface area contributed by atoms with E-state index in [1.165, 1.54) is 23.9 Å². The molecule has 0 saturated carbocycles. The summed E-state index contributed by atoms with van der Waals surface area (Å²) in [7, 11) is -6.52. The van der Waals surface area contributed by atoms with Gasteiger partial charge in [0.05, 0.1) is 80.6 Å². The van der Waals surface area contributed by atoms with Gasteiger partial charge >= 0.3 is 5.97 Å². The minimum absolute atomic E-state index is 0.0278. The van der Waals surface area contributed by atoms with Crippen LogP contribution in [0.5, 0.6) is 11.5 Å². The Kier molecular flexibility index (Phi) is 16.2. The highest BCUT2D eigenvalue weighted by Gasteiger charge is 2.24. The Balaban J connectivity index is 0.959. The maximum Gasteiger partial charge on any atom is 0.311 e. The molecule has 3 aromatic carbocycles. The van der Waals surface area contributed by atoms with Crippen molar-refractivity contribution in [1.29, 1.82) is 0 Å². The Hall–Kier alpha value is -4.87. The average Bonchev–Trinajstić information content (AvgIpc) is 3.84. The Morgan fingerprint density at radius 2 is 1.57 bits per heavy atom. The monoisotopic (exact) mass is 861 g/mol. The van der Waals surface area contributed by atoms with E-state index in [0.29, 0.717) is 34.0 Å². The summed E-state index contributed by atoms with van der Waals surface area (Å²) in [5.41, 5.74) is 2.64. The molecule has 0 aliphatic carbocycles. The molecule has 2 N–H and O–H groups in total. The fraction of sp³-hybridized carbons (Fsp3) is 0.378. The van der Waals surface area contributed by atoms with E-state index in [0.717, 1.165) is 22.5 Å². The van der Waals surface area contributed by atoms with Crippen molar-refractivity contribution in [3.8, 4) is 11.5 Å². The number of primary sulfonamides is 1. The number of carbonyl (C=O) groups is 2. The first-order chi connectivity index (χ1) is 27.8. The lowest BCUT2D eigenvalue weighted by molar-refractivity contribution is -0.149. The molecule has 0 bridgehead atoms. The first-order valence-electron chi connectivity index (χ1n) is 17.7. The van der Waals surface area contributed by atoms with Crippen molar-refractivity contribution in [2.24, 2.45) is 11.1 Å². The van der Waals surface area contributed by atoms with Crippen molar-refractivity contribution in [3.63, 3.8) is 0 Å². The summed E-state index contributed by atoms with van der Waals surface area (Å²) in [5, 5.41) is 13.2. The molecule has 0 unspecified atom stereocenters. The Morgan fingerprint density at radius 3 is 2.31 bits per heavy atom. The number of hydrogen-bond acceptors (Lipinski definition) is 17. The zero-order valence-electron chi connectivity index (χ0n) is 31.7. The number of nitrogens with two attached hydrogens (primary N) is 1. The van der Waals surface area contributed by atoms with E-state index in [1.807, 2.05) is 13.0 Å². The molecule has 0 spiro atoms. The fourth-order valence-corrected chi connectivity index (χ4v) is 7.77. The van der Waals surface area contributed by atoms with Crippen LogP contribution in [0.4, 0.5) is 0 Å². The molecule has 312 valence electrons. The van der Waals surface area contributed by atoms with Crippen molar-refractivity contribution in [2.45, 2.75) is 42.3 Å². The van der Waals surface area contributed by atoms with Gasteiger partial charge in [-0.3, -0.25) is 13.8 Å². The third-order valence-electron chi connectivity index (χ3n) is 8.03. The number of thiazole rings is 1. The standard InChI is InChI=1S/C37H43N5O13S3/c1-26-6-9-33(10-7-26)58(47,48)55-17-15-51-13-12-50-14-16-53-31-5-3-4-27(18-31)23-52-24-28(36(44)49-2)19-30(43)22-42-21-29(40-41-42)25-54-32-8-11-34-35(20-32)56-37(39-34)57(38,45)46/h3-11,18,20-21,28H,12-17,19,22-25H2,1-2H3,(H2,38,45,46)/t28-/m0/s1. The highest BCUT2D eigenvalue weighted by Crippen LogP contribution is 2.28. The van der Waals surface area contributed by atoms with Crippen molar-refractivity contribution < 1.29 is 59.0 Å². The Bertz CT molecular complexity index is 2350. The third-order valence-corrected chi connectivity index (χ3v) is 11.7. The number of benzene rings is 3. The van der Waals surface area contributed by atoms with Crippen molar-refractivity contribution in [1.82, 2.24) is 20.0 Å². The number of ether oxygens (including phenoxy) is 6. The molecule has 58 heavy (non-hydrogen) atoms. The number of aromatic nitrogens is 4. The van der Waals surface area contributed by atoms with Gasteiger partial charge in [0, 0.05) is 6.42 Å². The molecule has 1 atom stereocenters. The van der Waals surface area contributed by atoms with E-state index in [9.17, 15) is 26.4 Å². The largest absolute Gasteiger partial charge is 0.491 e. The first-order valence-corrected chi connectivity index (χ1v) is 21.5. The van der Waals surface area contributed by atoms with Gasteiger partial charge in [0.1, 0.15) is 37.0 Å². The lowest BCUT2D eigenvalue weighted by atomic mass is 10.0. The summed E-state index contributed by atoms with van der Waals surface area (Å²) in [6.07, 6.45) is 1.40. The number of fused-ring (bicyclic) bond motifs is 1. The van der Waals surface area contributed by atoms with Crippen molar-refractivity contribution >= 4 is 53.4 Å². The Morgan fingerprint density at radius 1 is 0.845 bits per heavy atom. The minimum Gasteiger partial charge on any atom is -0.491 e. The van der Waals surface area contributed by atoms with Gasteiger partial charge in [-0.2, -0.15) is 8.42 Å². The molecule has 5 aromatic rings. The highest BCUT2D eigenvalue weighted by atomic mass is 32.2. The fourth-order valence-electron chi connectivity index (χ4n) is 5.19. The van der Waals surface area contributed by atoms with E-state index in [2.05, 4.69) is 15.3 Å². The zero-order valence-corrected chi connectivity index (χ0v) is 34.1. The second-order valence-electron chi connectivity index (χ2n) is 12.6. The SMILES string of the molecule is COC(=O)[C@H](COCc1cccc(OCCOCCOCCOS(=O)(=O)c2ccc(C)cc2)c1)CC(=O)Cn1cc(COc2ccc3nc(S(N)(=O)=O)sc3c2)nn1. The van der Waals surface area contributed by atoms with E-state index < -0.39 is 32.0 Å². The molecule has 18 nitrogen and oxygen atoms in total. The van der Waals surface area contributed by atoms with Crippen LogP contribution in [0.15, 0.2) is 82.2 Å². The molecular weight excluding hydrogens is 819 g/mol. The van der Waals surface area contributed by atoms with E-state index >= 15 is 0 Å². The Labute approximate surface area is 339 Å². The van der Waals surface area contributed by atoms with Crippen molar-refractivity contribution in [2.75, 3.05) is 53.4 Å². The third kappa shape index (κ3) is 13.9. The molecule has 0 aliphatic heterocycles. The molecule has 21 heteroatoms. The first kappa shape index (κ1) is 44.2. The predicted molar refractivity (Wildman–Crippen MR) is 208 cm³/mol. The number of esters is 1. The van der Waals surface area contributed by atoms with Crippen LogP contribution >= 0.6 is 11.3 Å². The topological polar surface area (TPSA) is 237 Å². The maximum absolute atomic E-state index is 12.9.